The van der Waals surface area contributed by atoms with Crippen LogP contribution in [-0.2, 0) is 4.74 Å². The zero-order valence-electron chi connectivity index (χ0n) is 5.98. The van der Waals surface area contributed by atoms with Crippen molar-refractivity contribution in [3.63, 3.8) is 0 Å². The lowest BCUT2D eigenvalue weighted by Gasteiger charge is -2.31. The van der Waals surface area contributed by atoms with Gasteiger partial charge in [0.25, 0.3) is 0 Å². The molecule has 1 aliphatic rings. The predicted molar refractivity (Wildman–Crippen MR) is 43.2 cm³/mol. The predicted octanol–water partition coefficient (Wildman–Crippen LogP) is 1.66. The number of hydrogen-bond donors (Lipinski definition) is 1. The van der Waals surface area contributed by atoms with Crippen molar-refractivity contribution in [2.45, 2.75) is 31.5 Å². The SMILES string of the molecule is OC1(CCBr)CCCCO1. The summed E-state index contributed by atoms with van der Waals surface area (Å²) in [6.07, 6.45) is 3.67. The van der Waals surface area contributed by atoms with Crippen LogP contribution >= 0.6 is 15.9 Å². The number of aliphatic hydroxyl groups is 1. The maximum atomic E-state index is 9.62. The number of hydrogen-bond acceptors (Lipinski definition) is 2. The summed E-state index contributed by atoms with van der Waals surface area (Å²) in [4.78, 5) is 0. The molecule has 0 radical (unpaired) electrons. The van der Waals surface area contributed by atoms with Gasteiger partial charge in [0.15, 0.2) is 5.79 Å². The highest BCUT2D eigenvalue weighted by Crippen LogP contribution is 2.25. The van der Waals surface area contributed by atoms with Crippen molar-refractivity contribution in [2.75, 3.05) is 11.9 Å². The number of halogens is 1. The maximum absolute atomic E-state index is 9.62. The van der Waals surface area contributed by atoms with Gasteiger partial charge in [-0.3, -0.25) is 0 Å². The summed E-state index contributed by atoms with van der Waals surface area (Å²) < 4.78 is 5.23. The molecule has 1 N–H and O–H groups in total. The number of rotatable bonds is 2. The summed E-state index contributed by atoms with van der Waals surface area (Å²) in [5, 5.41) is 10.4. The van der Waals surface area contributed by atoms with Crippen LogP contribution in [0.25, 0.3) is 0 Å². The first kappa shape index (κ1) is 8.50. The Balaban J connectivity index is 2.32. The average Bonchev–Trinajstić information content (AvgIpc) is 1.89. The summed E-state index contributed by atoms with van der Waals surface area (Å²) in [7, 11) is 0. The topological polar surface area (TPSA) is 29.5 Å². The van der Waals surface area contributed by atoms with Crippen LogP contribution in [0.4, 0.5) is 0 Å². The monoisotopic (exact) mass is 208 g/mol. The fourth-order valence-corrected chi connectivity index (χ4v) is 1.80. The van der Waals surface area contributed by atoms with Crippen molar-refractivity contribution in [3.05, 3.63) is 0 Å². The highest BCUT2D eigenvalue weighted by Gasteiger charge is 2.28. The molecule has 3 heteroatoms. The standard InChI is InChI=1S/C7H13BrO2/c8-5-4-7(9)3-1-2-6-10-7/h9H,1-6H2. The molecular weight excluding hydrogens is 196 g/mol. The van der Waals surface area contributed by atoms with Crippen LogP contribution in [0.15, 0.2) is 0 Å². The molecule has 1 unspecified atom stereocenters. The highest BCUT2D eigenvalue weighted by atomic mass is 79.9. The van der Waals surface area contributed by atoms with Gasteiger partial charge in [0.2, 0.25) is 0 Å². The van der Waals surface area contributed by atoms with E-state index in [1.807, 2.05) is 0 Å². The molecule has 1 saturated heterocycles. The van der Waals surface area contributed by atoms with Gasteiger partial charge in [-0.05, 0) is 12.8 Å². The molecular formula is C7H13BrO2. The van der Waals surface area contributed by atoms with E-state index in [2.05, 4.69) is 15.9 Å². The van der Waals surface area contributed by atoms with Gasteiger partial charge in [0, 0.05) is 18.2 Å². The Kier molecular flexibility index (Phi) is 3.14. The van der Waals surface area contributed by atoms with E-state index in [4.69, 9.17) is 4.74 Å². The first-order valence-electron chi connectivity index (χ1n) is 3.69. The summed E-state index contributed by atoms with van der Waals surface area (Å²) in [6, 6.07) is 0. The van der Waals surface area contributed by atoms with Crippen molar-refractivity contribution >= 4 is 15.9 Å². The van der Waals surface area contributed by atoms with Crippen LogP contribution in [-0.4, -0.2) is 22.8 Å². The second-order valence-corrected chi connectivity index (χ2v) is 3.48. The van der Waals surface area contributed by atoms with Crippen molar-refractivity contribution in [2.24, 2.45) is 0 Å². The molecule has 1 atom stereocenters. The van der Waals surface area contributed by atoms with Gasteiger partial charge >= 0.3 is 0 Å². The van der Waals surface area contributed by atoms with Gasteiger partial charge < -0.3 is 9.84 Å². The third-order valence-electron chi connectivity index (χ3n) is 1.82. The molecule has 10 heavy (non-hydrogen) atoms. The lowest BCUT2D eigenvalue weighted by Crippen LogP contribution is -2.36. The third-order valence-corrected chi connectivity index (χ3v) is 2.21. The number of ether oxygens (including phenoxy) is 1. The second-order valence-electron chi connectivity index (χ2n) is 2.69. The molecule has 1 fully saturated rings. The maximum Gasteiger partial charge on any atom is 0.166 e. The Bertz CT molecular complexity index is 94.3. The van der Waals surface area contributed by atoms with E-state index >= 15 is 0 Å². The van der Waals surface area contributed by atoms with Gasteiger partial charge in [-0.25, -0.2) is 0 Å². The van der Waals surface area contributed by atoms with E-state index in [-0.39, 0.29) is 0 Å². The van der Waals surface area contributed by atoms with Crippen LogP contribution in [0, 0.1) is 0 Å². The van der Waals surface area contributed by atoms with Crippen molar-refractivity contribution in [3.8, 4) is 0 Å². The smallest absolute Gasteiger partial charge is 0.166 e. The average molecular weight is 209 g/mol. The fraction of sp³-hybridized carbons (Fsp3) is 1.00. The molecule has 60 valence electrons. The molecule has 0 saturated carbocycles. The van der Waals surface area contributed by atoms with Gasteiger partial charge in [-0.15, -0.1) is 0 Å². The van der Waals surface area contributed by atoms with Crippen LogP contribution in [0.2, 0.25) is 0 Å². The molecule has 1 rings (SSSR count). The molecule has 0 amide bonds. The molecule has 2 nitrogen and oxygen atoms in total. The zero-order chi connectivity index (χ0) is 7.45. The molecule has 0 spiro atoms. The minimum atomic E-state index is -0.818. The van der Waals surface area contributed by atoms with E-state index in [1.54, 1.807) is 0 Å². The second kappa shape index (κ2) is 3.69. The van der Waals surface area contributed by atoms with Crippen molar-refractivity contribution in [1.82, 2.24) is 0 Å². The Hall–Kier alpha value is 0.400. The van der Waals surface area contributed by atoms with E-state index < -0.39 is 5.79 Å². The highest BCUT2D eigenvalue weighted by molar-refractivity contribution is 9.09. The van der Waals surface area contributed by atoms with Crippen LogP contribution in [0.3, 0.4) is 0 Å². The molecule has 0 aliphatic carbocycles. The minimum absolute atomic E-state index is 0.701. The molecule has 0 bridgehead atoms. The van der Waals surface area contributed by atoms with Gasteiger partial charge in [-0.1, -0.05) is 15.9 Å². The molecule has 0 aromatic rings. The first-order valence-corrected chi connectivity index (χ1v) is 4.81. The molecule has 0 aromatic heterocycles. The largest absolute Gasteiger partial charge is 0.365 e. The quantitative estimate of drug-likeness (QED) is 0.701. The summed E-state index contributed by atoms with van der Waals surface area (Å²) >= 11 is 3.28. The lowest BCUT2D eigenvalue weighted by atomic mass is 10.0. The van der Waals surface area contributed by atoms with E-state index in [9.17, 15) is 5.11 Å². The van der Waals surface area contributed by atoms with Crippen LogP contribution < -0.4 is 0 Å². The molecule has 1 heterocycles. The van der Waals surface area contributed by atoms with E-state index in [0.29, 0.717) is 13.0 Å². The molecule has 0 aromatic carbocycles. The lowest BCUT2D eigenvalue weighted by molar-refractivity contribution is -0.224. The van der Waals surface area contributed by atoms with Gasteiger partial charge in [-0.2, -0.15) is 0 Å². The van der Waals surface area contributed by atoms with Crippen LogP contribution in [0.5, 0.6) is 0 Å². The Morgan fingerprint density at radius 1 is 1.50 bits per heavy atom. The van der Waals surface area contributed by atoms with Crippen molar-refractivity contribution < 1.29 is 9.84 Å². The van der Waals surface area contributed by atoms with E-state index in [0.717, 1.165) is 24.6 Å². The summed E-state index contributed by atoms with van der Waals surface area (Å²) in [5.74, 6) is -0.818. The van der Waals surface area contributed by atoms with Crippen LogP contribution in [0.1, 0.15) is 25.7 Å². The third kappa shape index (κ3) is 2.22. The van der Waals surface area contributed by atoms with Crippen molar-refractivity contribution in [1.29, 1.82) is 0 Å². The summed E-state index contributed by atoms with van der Waals surface area (Å²) in [6.45, 7) is 0.712. The van der Waals surface area contributed by atoms with Gasteiger partial charge in [0.05, 0.1) is 6.61 Å². The zero-order valence-corrected chi connectivity index (χ0v) is 7.56. The Labute approximate surface area is 69.7 Å². The van der Waals surface area contributed by atoms with E-state index in [1.165, 1.54) is 0 Å². The van der Waals surface area contributed by atoms with Gasteiger partial charge in [0.1, 0.15) is 0 Å². The summed E-state index contributed by atoms with van der Waals surface area (Å²) in [5.41, 5.74) is 0. The first-order chi connectivity index (χ1) is 4.77. The minimum Gasteiger partial charge on any atom is -0.365 e. The fourth-order valence-electron chi connectivity index (χ4n) is 1.18. The normalized spacial score (nSPS) is 34.2. The number of alkyl halides is 1. The Morgan fingerprint density at radius 3 is 2.80 bits per heavy atom. The Morgan fingerprint density at radius 2 is 2.30 bits per heavy atom. The molecule has 1 aliphatic heterocycles.